The van der Waals surface area contributed by atoms with Crippen molar-refractivity contribution in [3.05, 3.63) is 10.4 Å². The molecule has 1 fully saturated rings. The standard InChI is InChI=1S/C16H25N3O4S/c1-16(2,3)23-15(21)19-7-5-11(6-8-19)9-17-13-12(14(20)22-4)24-10-18-13/h10-11,17H,5-9H2,1-4H3. The Balaban J connectivity index is 1.79. The Labute approximate surface area is 146 Å². The zero-order valence-corrected chi connectivity index (χ0v) is 15.4. The number of esters is 1. The summed E-state index contributed by atoms with van der Waals surface area (Å²) in [6.45, 7) is 7.69. The minimum Gasteiger partial charge on any atom is -0.465 e. The molecule has 24 heavy (non-hydrogen) atoms. The summed E-state index contributed by atoms with van der Waals surface area (Å²) in [4.78, 5) is 30.1. The summed E-state index contributed by atoms with van der Waals surface area (Å²) in [7, 11) is 1.36. The molecule has 0 saturated carbocycles. The van der Waals surface area contributed by atoms with Gasteiger partial charge in [0, 0.05) is 19.6 Å². The topological polar surface area (TPSA) is 80.8 Å². The summed E-state index contributed by atoms with van der Waals surface area (Å²) in [6, 6.07) is 0. The number of carbonyl (C=O) groups excluding carboxylic acids is 2. The third-order valence-electron chi connectivity index (χ3n) is 3.76. The molecule has 1 aromatic heterocycles. The fourth-order valence-electron chi connectivity index (χ4n) is 2.50. The summed E-state index contributed by atoms with van der Waals surface area (Å²) in [5.74, 6) is 0.622. The van der Waals surface area contributed by atoms with Crippen LogP contribution in [0.15, 0.2) is 5.51 Å². The number of piperidine rings is 1. The van der Waals surface area contributed by atoms with Crippen molar-refractivity contribution in [1.82, 2.24) is 9.88 Å². The Morgan fingerprint density at radius 1 is 1.38 bits per heavy atom. The number of hydrogen-bond donors (Lipinski definition) is 1. The van der Waals surface area contributed by atoms with Crippen molar-refractivity contribution in [1.29, 1.82) is 0 Å². The van der Waals surface area contributed by atoms with E-state index in [9.17, 15) is 9.59 Å². The molecule has 1 aliphatic heterocycles. The van der Waals surface area contributed by atoms with Crippen LogP contribution in [0.3, 0.4) is 0 Å². The lowest BCUT2D eigenvalue weighted by Gasteiger charge is -2.33. The number of nitrogens with zero attached hydrogens (tertiary/aromatic N) is 2. The van der Waals surface area contributed by atoms with Gasteiger partial charge in [0.1, 0.15) is 5.60 Å². The second-order valence-electron chi connectivity index (χ2n) is 6.81. The van der Waals surface area contributed by atoms with Gasteiger partial charge in [-0.05, 0) is 39.5 Å². The first kappa shape index (κ1) is 18.5. The lowest BCUT2D eigenvalue weighted by Crippen LogP contribution is -2.42. The number of hydrogen-bond acceptors (Lipinski definition) is 7. The van der Waals surface area contributed by atoms with Gasteiger partial charge in [-0.3, -0.25) is 0 Å². The fourth-order valence-corrected chi connectivity index (χ4v) is 3.18. The minimum absolute atomic E-state index is 0.249. The average Bonchev–Trinajstić information content (AvgIpc) is 2.99. The van der Waals surface area contributed by atoms with Gasteiger partial charge in [0.25, 0.3) is 0 Å². The molecule has 0 aliphatic carbocycles. The van der Waals surface area contributed by atoms with Gasteiger partial charge in [-0.1, -0.05) is 0 Å². The van der Waals surface area contributed by atoms with Crippen LogP contribution in [0.2, 0.25) is 0 Å². The normalized spacial score (nSPS) is 15.9. The van der Waals surface area contributed by atoms with E-state index in [2.05, 4.69) is 10.3 Å². The number of thiazole rings is 1. The highest BCUT2D eigenvalue weighted by molar-refractivity contribution is 7.12. The summed E-state index contributed by atoms with van der Waals surface area (Å²) in [5, 5.41) is 3.22. The van der Waals surface area contributed by atoms with Crippen LogP contribution in [-0.2, 0) is 9.47 Å². The van der Waals surface area contributed by atoms with Crippen molar-refractivity contribution in [2.24, 2.45) is 5.92 Å². The molecule has 0 unspecified atom stereocenters. The van der Waals surface area contributed by atoms with E-state index in [1.54, 1.807) is 10.4 Å². The van der Waals surface area contributed by atoms with E-state index in [1.807, 2.05) is 20.8 Å². The Hall–Kier alpha value is -1.83. The van der Waals surface area contributed by atoms with Gasteiger partial charge in [0.05, 0.1) is 12.6 Å². The second kappa shape index (κ2) is 7.83. The number of likely N-dealkylation sites (tertiary alicyclic amines) is 1. The zero-order chi connectivity index (χ0) is 17.7. The van der Waals surface area contributed by atoms with Crippen LogP contribution in [0.1, 0.15) is 43.3 Å². The van der Waals surface area contributed by atoms with Crippen LogP contribution in [0.4, 0.5) is 10.6 Å². The van der Waals surface area contributed by atoms with Crippen LogP contribution >= 0.6 is 11.3 Å². The van der Waals surface area contributed by atoms with E-state index >= 15 is 0 Å². The lowest BCUT2D eigenvalue weighted by atomic mass is 9.97. The highest BCUT2D eigenvalue weighted by Crippen LogP contribution is 2.23. The molecule has 0 spiro atoms. The van der Waals surface area contributed by atoms with E-state index in [-0.39, 0.29) is 12.1 Å². The van der Waals surface area contributed by atoms with Crippen LogP contribution in [0.5, 0.6) is 0 Å². The van der Waals surface area contributed by atoms with E-state index < -0.39 is 5.60 Å². The molecule has 134 valence electrons. The van der Waals surface area contributed by atoms with Gasteiger partial charge in [-0.15, -0.1) is 11.3 Å². The maximum atomic E-state index is 12.0. The second-order valence-corrected chi connectivity index (χ2v) is 7.67. The number of methoxy groups -OCH3 is 1. The Morgan fingerprint density at radius 2 is 2.04 bits per heavy atom. The van der Waals surface area contributed by atoms with E-state index in [0.717, 1.165) is 19.4 Å². The maximum absolute atomic E-state index is 12.0. The number of carbonyl (C=O) groups is 2. The van der Waals surface area contributed by atoms with Crippen LogP contribution in [0.25, 0.3) is 0 Å². The van der Waals surface area contributed by atoms with Crippen molar-refractivity contribution in [2.75, 3.05) is 32.1 Å². The molecule has 7 nitrogen and oxygen atoms in total. The number of anilines is 1. The molecule has 1 N–H and O–H groups in total. The van der Waals surface area contributed by atoms with Crippen LogP contribution in [0, 0.1) is 5.92 Å². The molecule has 1 saturated heterocycles. The van der Waals surface area contributed by atoms with Crippen LogP contribution < -0.4 is 5.32 Å². The van der Waals surface area contributed by atoms with E-state index in [4.69, 9.17) is 9.47 Å². The van der Waals surface area contributed by atoms with Crippen molar-refractivity contribution >= 4 is 29.2 Å². The van der Waals surface area contributed by atoms with Gasteiger partial charge in [0.15, 0.2) is 10.7 Å². The summed E-state index contributed by atoms with van der Waals surface area (Å²) >= 11 is 1.26. The molecule has 1 aromatic rings. The maximum Gasteiger partial charge on any atom is 0.410 e. The molecule has 0 atom stereocenters. The molecular formula is C16H25N3O4S. The van der Waals surface area contributed by atoms with Gasteiger partial charge in [0.2, 0.25) is 0 Å². The number of ether oxygens (including phenoxy) is 2. The van der Waals surface area contributed by atoms with Crippen molar-refractivity contribution < 1.29 is 19.1 Å². The highest BCUT2D eigenvalue weighted by atomic mass is 32.1. The molecule has 0 radical (unpaired) electrons. The smallest absolute Gasteiger partial charge is 0.410 e. The quantitative estimate of drug-likeness (QED) is 0.836. The highest BCUT2D eigenvalue weighted by Gasteiger charge is 2.27. The molecule has 2 heterocycles. The summed E-state index contributed by atoms with van der Waals surface area (Å²) in [5.41, 5.74) is 1.16. The summed E-state index contributed by atoms with van der Waals surface area (Å²) < 4.78 is 10.1. The predicted octanol–water partition coefficient (Wildman–Crippen LogP) is 2.99. The first-order valence-corrected chi connectivity index (χ1v) is 8.91. The number of aromatic nitrogens is 1. The first-order valence-electron chi connectivity index (χ1n) is 8.03. The fraction of sp³-hybridized carbons (Fsp3) is 0.688. The van der Waals surface area contributed by atoms with Gasteiger partial charge >= 0.3 is 12.1 Å². The third kappa shape index (κ3) is 5.09. The molecule has 0 aromatic carbocycles. The van der Waals surface area contributed by atoms with Crippen LogP contribution in [-0.4, -0.2) is 54.3 Å². The van der Waals surface area contributed by atoms with Crippen molar-refractivity contribution in [3.63, 3.8) is 0 Å². The third-order valence-corrected chi connectivity index (χ3v) is 4.57. The monoisotopic (exact) mass is 355 g/mol. The molecule has 1 amide bonds. The average molecular weight is 355 g/mol. The first-order chi connectivity index (χ1) is 11.3. The zero-order valence-electron chi connectivity index (χ0n) is 14.6. The van der Waals surface area contributed by atoms with Gasteiger partial charge in [-0.25, -0.2) is 14.6 Å². The molecule has 2 rings (SSSR count). The molecule has 0 bridgehead atoms. The largest absolute Gasteiger partial charge is 0.465 e. The number of nitrogens with one attached hydrogen (secondary N) is 1. The lowest BCUT2D eigenvalue weighted by molar-refractivity contribution is 0.0187. The van der Waals surface area contributed by atoms with Crippen molar-refractivity contribution in [3.8, 4) is 0 Å². The molecule has 1 aliphatic rings. The van der Waals surface area contributed by atoms with Crippen molar-refractivity contribution in [2.45, 2.75) is 39.2 Å². The predicted molar refractivity (Wildman–Crippen MR) is 92.5 cm³/mol. The van der Waals surface area contributed by atoms with Gasteiger partial charge in [-0.2, -0.15) is 0 Å². The van der Waals surface area contributed by atoms with E-state index in [0.29, 0.717) is 29.7 Å². The van der Waals surface area contributed by atoms with E-state index in [1.165, 1.54) is 18.4 Å². The molecular weight excluding hydrogens is 330 g/mol. The van der Waals surface area contributed by atoms with Gasteiger partial charge < -0.3 is 19.7 Å². The summed E-state index contributed by atoms with van der Waals surface area (Å²) in [6.07, 6.45) is 1.54. The molecule has 8 heteroatoms. The SMILES string of the molecule is COC(=O)c1scnc1NCC1CCN(C(=O)OC(C)(C)C)CC1. The Kier molecular flexibility index (Phi) is 6.04. The Bertz CT molecular complexity index is 574. The number of amides is 1. The number of rotatable bonds is 4. The minimum atomic E-state index is -0.468. The Morgan fingerprint density at radius 3 is 2.62 bits per heavy atom.